The molecule has 1 N–H and O–H groups in total. The van der Waals surface area contributed by atoms with E-state index in [2.05, 4.69) is 30.0 Å². The van der Waals surface area contributed by atoms with Crippen molar-refractivity contribution in [1.82, 2.24) is 9.88 Å². The molecule has 2 heterocycles. The van der Waals surface area contributed by atoms with E-state index in [9.17, 15) is 9.90 Å². The van der Waals surface area contributed by atoms with Gasteiger partial charge in [0.2, 0.25) is 5.89 Å². The highest BCUT2D eigenvalue weighted by molar-refractivity contribution is 5.80. The Balaban J connectivity index is 1.46. The maximum atomic E-state index is 11.6. The topological polar surface area (TPSA) is 66.6 Å². The molecule has 0 saturated carbocycles. The van der Waals surface area contributed by atoms with Crippen molar-refractivity contribution < 1.29 is 14.3 Å². The smallest absolute Gasteiger partial charge is 0.320 e. The Morgan fingerprint density at radius 1 is 1.06 bits per heavy atom. The van der Waals surface area contributed by atoms with E-state index in [1.165, 1.54) is 5.56 Å². The van der Waals surface area contributed by atoms with Gasteiger partial charge >= 0.3 is 5.97 Å². The largest absolute Gasteiger partial charge is 0.480 e. The number of carboxylic acids is 1. The van der Waals surface area contributed by atoms with Gasteiger partial charge in [0, 0.05) is 12.1 Å². The molecular formula is C27H26N2O3. The molecule has 162 valence electrons. The third-order valence-electron chi connectivity index (χ3n) is 6.39. The van der Waals surface area contributed by atoms with Gasteiger partial charge in [0.15, 0.2) is 5.58 Å². The Hall–Kier alpha value is -3.44. The summed E-state index contributed by atoms with van der Waals surface area (Å²) in [7, 11) is 0. The Kier molecular flexibility index (Phi) is 5.50. The summed E-state index contributed by atoms with van der Waals surface area (Å²) >= 11 is 0. The normalized spacial score (nSPS) is 17.0. The van der Waals surface area contributed by atoms with Crippen LogP contribution in [0.3, 0.4) is 0 Å². The number of carbonyl (C=O) groups is 1. The first-order valence-electron chi connectivity index (χ1n) is 11.1. The van der Waals surface area contributed by atoms with Gasteiger partial charge in [0.05, 0.1) is 0 Å². The summed E-state index contributed by atoms with van der Waals surface area (Å²) in [6.45, 7) is 3.51. The number of aromatic nitrogens is 1. The number of carboxylic acid groups (broad SMARTS) is 1. The second-order valence-electron chi connectivity index (χ2n) is 8.49. The molecule has 1 atom stereocenters. The molecule has 1 aliphatic rings. The van der Waals surface area contributed by atoms with Crippen molar-refractivity contribution in [1.29, 1.82) is 0 Å². The second kappa shape index (κ2) is 8.60. The first-order valence-corrected chi connectivity index (χ1v) is 11.1. The van der Waals surface area contributed by atoms with Crippen LogP contribution in [0.25, 0.3) is 33.7 Å². The lowest BCUT2D eigenvalue weighted by atomic mass is 9.96. The van der Waals surface area contributed by atoms with E-state index >= 15 is 0 Å². The van der Waals surface area contributed by atoms with Gasteiger partial charge in [-0.2, -0.15) is 0 Å². The Bertz CT molecular complexity index is 1260. The molecule has 32 heavy (non-hydrogen) atoms. The fourth-order valence-electron chi connectivity index (χ4n) is 4.67. The quantitative estimate of drug-likeness (QED) is 0.430. The van der Waals surface area contributed by atoms with Crippen LogP contribution in [0.15, 0.2) is 71.1 Å². The number of hydrogen-bond acceptors (Lipinski definition) is 4. The minimum Gasteiger partial charge on any atom is -0.480 e. The van der Waals surface area contributed by atoms with E-state index < -0.39 is 12.0 Å². The van der Waals surface area contributed by atoms with Crippen molar-refractivity contribution in [2.45, 2.75) is 38.8 Å². The molecule has 0 bridgehead atoms. The van der Waals surface area contributed by atoms with E-state index in [0.717, 1.165) is 52.7 Å². The number of nitrogens with zero attached hydrogens (tertiary/aromatic N) is 2. The van der Waals surface area contributed by atoms with Gasteiger partial charge in [-0.15, -0.1) is 0 Å². The minimum atomic E-state index is -0.735. The average Bonchev–Trinajstić information content (AvgIpc) is 3.23. The summed E-state index contributed by atoms with van der Waals surface area (Å²) in [5.41, 5.74) is 7.01. The predicted molar refractivity (Wildman–Crippen MR) is 125 cm³/mol. The zero-order valence-electron chi connectivity index (χ0n) is 18.1. The maximum absolute atomic E-state index is 11.6. The summed E-state index contributed by atoms with van der Waals surface area (Å²) in [4.78, 5) is 18.4. The number of piperidine rings is 1. The van der Waals surface area contributed by atoms with Gasteiger partial charge in [0.25, 0.3) is 0 Å². The fourth-order valence-corrected chi connectivity index (χ4v) is 4.67. The summed E-state index contributed by atoms with van der Waals surface area (Å²) in [6.07, 6.45) is 2.72. The van der Waals surface area contributed by atoms with E-state index in [1.807, 2.05) is 48.5 Å². The first-order chi connectivity index (χ1) is 15.6. The number of benzene rings is 3. The Morgan fingerprint density at radius 3 is 2.69 bits per heavy atom. The molecular weight excluding hydrogens is 400 g/mol. The van der Waals surface area contributed by atoms with Crippen LogP contribution in [-0.4, -0.2) is 33.5 Å². The molecule has 5 heteroatoms. The zero-order chi connectivity index (χ0) is 22.1. The molecule has 5 rings (SSSR count). The molecule has 1 aliphatic heterocycles. The maximum Gasteiger partial charge on any atom is 0.320 e. The van der Waals surface area contributed by atoms with Crippen LogP contribution in [0.4, 0.5) is 0 Å². The van der Waals surface area contributed by atoms with Crippen LogP contribution in [0.5, 0.6) is 0 Å². The molecule has 0 unspecified atom stereocenters. The highest BCUT2D eigenvalue weighted by Gasteiger charge is 2.28. The van der Waals surface area contributed by atoms with Crippen LogP contribution in [0.2, 0.25) is 0 Å². The second-order valence-corrected chi connectivity index (χ2v) is 8.49. The van der Waals surface area contributed by atoms with Crippen molar-refractivity contribution in [2.24, 2.45) is 0 Å². The third-order valence-corrected chi connectivity index (χ3v) is 6.39. The van der Waals surface area contributed by atoms with Crippen molar-refractivity contribution >= 4 is 17.1 Å². The highest BCUT2D eigenvalue weighted by atomic mass is 16.4. The summed E-state index contributed by atoms with van der Waals surface area (Å²) in [5, 5.41) is 9.55. The lowest BCUT2D eigenvalue weighted by Gasteiger charge is -2.32. The molecule has 1 fully saturated rings. The molecule has 0 radical (unpaired) electrons. The molecule has 4 aromatic rings. The highest BCUT2D eigenvalue weighted by Crippen LogP contribution is 2.33. The van der Waals surface area contributed by atoms with Crippen LogP contribution >= 0.6 is 0 Å². The standard InChI is InChI=1S/C27H26N2O3/c1-18-21(20-8-3-2-4-9-20)10-7-11-22(18)26-28-23-14-13-19(16-25(23)32-26)17-29-15-6-5-12-24(29)27(30)31/h2-4,7-11,13-14,16,24H,5-6,12,15,17H2,1H3,(H,30,31)/t24-/m0/s1. The zero-order valence-corrected chi connectivity index (χ0v) is 18.1. The van der Waals surface area contributed by atoms with Crippen LogP contribution < -0.4 is 0 Å². The minimum absolute atomic E-state index is 0.409. The van der Waals surface area contributed by atoms with Gasteiger partial charge in [-0.3, -0.25) is 9.69 Å². The Labute approximate surface area is 187 Å². The summed E-state index contributed by atoms with van der Waals surface area (Å²) in [5.74, 6) is -0.129. The lowest BCUT2D eigenvalue weighted by molar-refractivity contribution is -0.144. The number of oxazole rings is 1. The molecule has 0 spiro atoms. The van der Waals surface area contributed by atoms with Gasteiger partial charge in [-0.25, -0.2) is 4.98 Å². The van der Waals surface area contributed by atoms with Crippen LogP contribution in [-0.2, 0) is 11.3 Å². The van der Waals surface area contributed by atoms with E-state index in [1.54, 1.807) is 0 Å². The van der Waals surface area contributed by atoms with Gasteiger partial charge < -0.3 is 9.52 Å². The number of likely N-dealkylation sites (tertiary alicyclic amines) is 1. The summed E-state index contributed by atoms with van der Waals surface area (Å²) < 4.78 is 6.18. The van der Waals surface area contributed by atoms with E-state index in [0.29, 0.717) is 18.9 Å². The molecule has 1 saturated heterocycles. The number of fused-ring (bicyclic) bond motifs is 1. The average molecular weight is 427 g/mol. The lowest BCUT2D eigenvalue weighted by Crippen LogP contribution is -2.43. The SMILES string of the molecule is Cc1c(-c2ccccc2)cccc1-c1nc2ccc(CN3CCCC[C@H]3C(=O)O)cc2o1. The van der Waals surface area contributed by atoms with Crippen LogP contribution in [0.1, 0.15) is 30.4 Å². The van der Waals surface area contributed by atoms with Crippen molar-refractivity contribution in [3.63, 3.8) is 0 Å². The van der Waals surface area contributed by atoms with Crippen molar-refractivity contribution in [3.05, 3.63) is 77.9 Å². The van der Waals surface area contributed by atoms with Gasteiger partial charge in [-0.05, 0) is 66.8 Å². The molecule has 0 aliphatic carbocycles. The molecule has 5 nitrogen and oxygen atoms in total. The number of aliphatic carboxylic acids is 1. The molecule has 3 aromatic carbocycles. The first kappa shape index (κ1) is 20.5. The summed E-state index contributed by atoms with van der Waals surface area (Å²) in [6, 6.07) is 22.1. The predicted octanol–water partition coefficient (Wildman–Crippen LogP) is 5.91. The number of hydrogen-bond donors (Lipinski definition) is 1. The van der Waals surface area contributed by atoms with Crippen molar-refractivity contribution in [3.8, 4) is 22.6 Å². The van der Waals surface area contributed by atoms with E-state index in [-0.39, 0.29) is 0 Å². The van der Waals surface area contributed by atoms with Crippen LogP contribution in [0, 0.1) is 6.92 Å². The third kappa shape index (κ3) is 3.92. The Morgan fingerprint density at radius 2 is 1.88 bits per heavy atom. The van der Waals surface area contributed by atoms with Gasteiger partial charge in [0.1, 0.15) is 11.6 Å². The van der Waals surface area contributed by atoms with Crippen molar-refractivity contribution in [2.75, 3.05) is 6.54 Å². The molecule has 1 aromatic heterocycles. The van der Waals surface area contributed by atoms with Gasteiger partial charge in [-0.1, -0.05) is 55.0 Å². The molecule has 0 amide bonds. The van der Waals surface area contributed by atoms with E-state index in [4.69, 9.17) is 9.40 Å². The fraction of sp³-hybridized carbons (Fsp3) is 0.259. The monoisotopic (exact) mass is 426 g/mol. The number of rotatable bonds is 5.